The Morgan fingerprint density at radius 2 is 1.71 bits per heavy atom. The Bertz CT molecular complexity index is 1540. The number of carboxylic acids is 1. The van der Waals surface area contributed by atoms with Gasteiger partial charge in [0, 0.05) is 46.4 Å². The molecule has 0 bridgehead atoms. The Morgan fingerprint density at radius 1 is 0.912 bits per heavy atom. The molecule has 0 aliphatic carbocycles. The third-order valence-corrected chi connectivity index (χ3v) is 6.04. The van der Waals surface area contributed by atoms with E-state index in [-0.39, 0.29) is 17.7 Å². The lowest BCUT2D eigenvalue weighted by molar-refractivity contribution is 0.0661. The molecule has 0 radical (unpaired) electrons. The van der Waals surface area contributed by atoms with E-state index < -0.39 is 29.0 Å². The van der Waals surface area contributed by atoms with Gasteiger partial charge in [-0.3, -0.25) is 4.79 Å². The molecule has 0 aliphatic rings. The van der Waals surface area contributed by atoms with Crippen molar-refractivity contribution in [1.29, 1.82) is 0 Å². The van der Waals surface area contributed by atoms with Gasteiger partial charge in [-0.05, 0) is 30.9 Å². The molecule has 0 saturated heterocycles. The van der Waals surface area contributed by atoms with E-state index in [0.717, 1.165) is 29.4 Å². The number of carboxylic acid groups (broad SMARTS) is 1. The zero-order chi connectivity index (χ0) is 23.8. The minimum Gasteiger partial charge on any atom is -0.504 e. The summed E-state index contributed by atoms with van der Waals surface area (Å²) < 4.78 is 5.47. The second-order valence-electron chi connectivity index (χ2n) is 8.09. The van der Waals surface area contributed by atoms with Gasteiger partial charge >= 0.3 is 5.97 Å². The number of ketones is 1. The van der Waals surface area contributed by atoms with E-state index in [1.54, 1.807) is 24.4 Å². The summed E-state index contributed by atoms with van der Waals surface area (Å²) in [5.74, 6) is -3.45. The lowest BCUT2D eigenvalue weighted by atomic mass is 10.00. The van der Waals surface area contributed by atoms with Crippen LogP contribution in [0.2, 0.25) is 0 Å². The first-order chi connectivity index (χ1) is 16.5. The van der Waals surface area contributed by atoms with E-state index >= 15 is 0 Å². The smallest absolute Gasteiger partial charge is 0.372 e. The number of aryl methyl sites for hydroxylation is 1. The van der Waals surface area contributed by atoms with Crippen molar-refractivity contribution in [3.8, 4) is 16.9 Å². The number of hydrogen-bond acceptors (Lipinski definition) is 5. The monoisotopic (exact) mass is 458 g/mol. The van der Waals surface area contributed by atoms with Crippen molar-refractivity contribution in [2.24, 2.45) is 0 Å². The number of aromatic carboxylic acids is 1. The molecule has 5 N–H and O–H groups in total. The lowest BCUT2D eigenvalue weighted by Crippen LogP contribution is -2.00. The topological polar surface area (TPSA) is 140 Å². The standard InChI is InChI=1S/C26H22N2O6/c29-11-4-3-6-14-7-5-9-16-18(13-28-21(14)16)22(30)25-23(31)20(24(34-25)26(32)33)17-12-27-19-10-2-1-8-15(17)19/h1-2,5,7-10,12-13,27-29,31H,3-4,6,11H2,(H,32,33). The number of aromatic amines is 2. The van der Waals surface area contributed by atoms with Crippen molar-refractivity contribution in [2.75, 3.05) is 6.61 Å². The molecule has 0 spiro atoms. The van der Waals surface area contributed by atoms with Crippen LogP contribution >= 0.6 is 0 Å². The van der Waals surface area contributed by atoms with Crippen LogP contribution in [0.25, 0.3) is 32.9 Å². The van der Waals surface area contributed by atoms with E-state index in [2.05, 4.69) is 9.97 Å². The summed E-state index contributed by atoms with van der Waals surface area (Å²) >= 11 is 0. The third-order valence-electron chi connectivity index (χ3n) is 6.04. The molecule has 0 amide bonds. The molecule has 5 rings (SSSR count). The Balaban J connectivity index is 1.61. The first-order valence-corrected chi connectivity index (χ1v) is 10.9. The predicted molar refractivity (Wildman–Crippen MR) is 126 cm³/mol. The minimum absolute atomic E-state index is 0.0437. The fraction of sp³-hybridized carbons (Fsp3) is 0.154. The number of para-hydroxylation sites is 2. The number of hydrogen-bond donors (Lipinski definition) is 5. The SMILES string of the molecule is O=C(O)c1oc(C(=O)c2c[nH]c3c(CCCCO)cccc23)c(O)c1-c1c[nH]c2ccccc12. The summed E-state index contributed by atoms with van der Waals surface area (Å²) in [5, 5.41) is 31.1. The van der Waals surface area contributed by atoms with Gasteiger partial charge in [0.25, 0.3) is 0 Å². The Labute approximate surface area is 193 Å². The van der Waals surface area contributed by atoms with Crippen molar-refractivity contribution in [1.82, 2.24) is 9.97 Å². The largest absolute Gasteiger partial charge is 0.504 e. The third kappa shape index (κ3) is 3.45. The number of aromatic nitrogens is 2. The second kappa shape index (κ2) is 8.57. The van der Waals surface area contributed by atoms with Gasteiger partial charge in [-0.25, -0.2) is 4.79 Å². The molecule has 172 valence electrons. The molecular formula is C26H22N2O6. The van der Waals surface area contributed by atoms with Gasteiger partial charge in [0.05, 0.1) is 11.1 Å². The van der Waals surface area contributed by atoms with E-state index in [1.807, 2.05) is 24.3 Å². The molecule has 3 aromatic heterocycles. The number of fused-ring (bicyclic) bond motifs is 2. The van der Waals surface area contributed by atoms with Crippen LogP contribution in [-0.2, 0) is 6.42 Å². The van der Waals surface area contributed by atoms with E-state index in [4.69, 9.17) is 9.52 Å². The van der Waals surface area contributed by atoms with Crippen molar-refractivity contribution >= 4 is 33.6 Å². The van der Waals surface area contributed by atoms with Crippen LogP contribution in [0.5, 0.6) is 5.75 Å². The average Bonchev–Trinajstić information content (AvgIpc) is 3.54. The molecule has 0 saturated carbocycles. The second-order valence-corrected chi connectivity index (χ2v) is 8.09. The number of rotatable bonds is 8. The first-order valence-electron chi connectivity index (χ1n) is 10.9. The number of aliphatic hydroxyl groups is 1. The Morgan fingerprint density at radius 3 is 2.50 bits per heavy atom. The highest BCUT2D eigenvalue weighted by Gasteiger charge is 2.32. The van der Waals surface area contributed by atoms with Crippen LogP contribution in [0, 0.1) is 0 Å². The van der Waals surface area contributed by atoms with Crippen molar-refractivity contribution in [3.05, 3.63) is 77.5 Å². The average molecular weight is 458 g/mol. The number of carbonyl (C=O) groups excluding carboxylic acids is 1. The Kier molecular flexibility index (Phi) is 5.43. The van der Waals surface area contributed by atoms with Crippen LogP contribution in [0.4, 0.5) is 0 Å². The van der Waals surface area contributed by atoms with E-state index in [9.17, 15) is 19.8 Å². The summed E-state index contributed by atoms with van der Waals surface area (Å²) in [7, 11) is 0. The maximum Gasteiger partial charge on any atom is 0.372 e. The lowest BCUT2D eigenvalue weighted by Gasteiger charge is -2.03. The summed E-state index contributed by atoms with van der Waals surface area (Å²) in [4.78, 5) is 31.6. The van der Waals surface area contributed by atoms with E-state index in [1.165, 1.54) is 6.20 Å². The Hall–Kier alpha value is -4.30. The van der Waals surface area contributed by atoms with Crippen LogP contribution in [-0.4, -0.2) is 43.6 Å². The number of carbonyl (C=O) groups is 2. The molecule has 0 atom stereocenters. The fourth-order valence-electron chi connectivity index (χ4n) is 4.42. The number of aromatic hydroxyl groups is 1. The molecule has 0 aliphatic heterocycles. The number of aliphatic hydroxyl groups excluding tert-OH is 1. The normalized spacial score (nSPS) is 11.4. The number of H-pyrrole nitrogens is 2. The molecule has 3 heterocycles. The maximum absolute atomic E-state index is 13.4. The molecule has 0 fully saturated rings. The molecule has 5 aromatic rings. The van der Waals surface area contributed by atoms with Crippen LogP contribution in [0.3, 0.4) is 0 Å². The van der Waals surface area contributed by atoms with Gasteiger partial charge in [-0.2, -0.15) is 0 Å². The fourth-order valence-corrected chi connectivity index (χ4v) is 4.42. The predicted octanol–water partition coefficient (Wildman–Crippen LogP) is 4.86. The molecule has 8 heteroatoms. The van der Waals surface area contributed by atoms with Gasteiger partial charge in [-0.1, -0.05) is 36.4 Å². The zero-order valence-electron chi connectivity index (χ0n) is 18.1. The first kappa shape index (κ1) is 21.5. The number of benzene rings is 2. The number of nitrogens with one attached hydrogen (secondary N) is 2. The van der Waals surface area contributed by atoms with Crippen LogP contribution < -0.4 is 0 Å². The van der Waals surface area contributed by atoms with Crippen LogP contribution in [0.15, 0.2) is 59.3 Å². The van der Waals surface area contributed by atoms with Gasteiger partial charge in [-0.15, -0.1) is 0 Å². The molecule has 2 aromatic carbocycles. The highest BCUT2D eigenvalue weighted by atomic mass is 16.4. The molecule has 8 nitrogen and oxygen atoms in total. The number of furan rings is 1. The highest BCUT2D eigenvalue weighted by molar-refractivity contribution is 6.18. The molecular weight excluding hydrogens is 436 g/mol. The quantitative estimate of drug-likeness (QED) is 0.166. The van der Waals surface area contributed by atoms with Crippen LogP contribution in [0.1, 0.15) is 45.1 Å². The van der Waals surface area contributed by atoms with Crippen molar-refractivity contribution in [3.63, 3.8) is 0 Å². The maximum atomic E-state index is 13.4. The van der Waals surface area contributed by atoms with Gasteiger partial charge in [0.2, 0.25) is 17.3 Å². The van der Waals surface area contributed by atoms with Gasteiger partial charge < -0.3 is 29.7 Å². The summed E-state index contributed by atoms with van der Waals surface area (Å²) in [6, 6.07) is 12.8. The van der Waals surface area contributed by atoms with Gasteiger partial charge in [0.15, 0.2) is 5.75 Å². The number of unbranched alkanes of at least 4 members (excludes halogenated alkanes) is 1. The van der Waals surface area contributed by atoms with Gasteiger partial charge in [0.1, 0.15) is 0 Å². The summed E-state index contributed by atoms with van der Waals surface area (Å²) in [6.07, 6.45) is 5.33. The van der Waals surface area contributed by atoms with Crippen molar-refractivity contribution in [2.45, 2.75) is 19.3 Å². The zero-order valence-corrected chi connectivity index (χ0v) is 18.1. The summed E-state index contributed by atoms with van der Waals surface area (Å²) in [6.45, 7) is 0.118. The molecule has 34 heavy (non-hydrogen) atoms. The highest BCUT2D eigenvalue weighted by Crippen LogP contribution is 2.42. The van der Waals surface area contributed by atoms with E-state index in [0.29, 0.717) is 22.8 Å². The van der Waals surface area contributed by atoms with Crippen molar-refractivity contribution < 1.29 is 29.3 Å². The summed E-state index contributed by atoms with van der Waals surface area (Å²) in [5.41, 5.74) is 3.19. The molecule has 0 unspecified atom stereocenters. The minimum atomic E-state index is -1.39.